The molecule has 0 atom stereocenters. The lowest BCUT2D eigenvalue weighted by molar-refractivity contribution is -0.119. The maximum atomic E-state index is 10.7. The molecule has 0 unspecified atom stereocenters. The van der Waals surface area contributed by atoms with Crippen LogP contribution in [0.4, 0.5) is 11.4 Å². The van der Waals surface area contributed by atoms with E-state index in [1.54, 1.807) is 12.1 Å². The first-order chi connectivity index (χ1) is 6.63. The summed E-state index contributed by atoms with van der Waals surface area (Å²) in [6, 6.07) is 5.38. The first-order valence-electron chi connectivity index (χ1n) is 4.23. The number of benzene rings is 1. The molecule has 0 heterocycles. The number of amides is 1. The largest absolute Gasteiger partial charge is 0.397 e. The minimum atomic E-state index is -0.0657. The number of nitrogen functional groups attached to an aromatic ring is 2. The molecule has 0 saturated heterocycles. The lowest BCUT2D eigenvalue weighted by Gasteiger charge is -2.07. The van der Waals surface area contributed by atoms with Gasteiger partial charge in [-0.15, -0.1) is 0 Å². The molecule has 0 aliphatic carbocycles. The van der Waals surface area contributed by atoms with Gasteiger partial charge in [0.2, 0.25) is 5.91 Å². The third kappa shape index (κ3) is 2.63. The van der Waals surface area contributed by atoms with Gasteiger partial charge in [-0.2, -0.15) is 0 Å². The second-order valence-electron chi connectivity index (χ2n) is 2.98. The van der Waals surface area contributed by atoms with Gasteiger partial charge in [0.25, 0.3) is 0 Å². The van der Waals surface area contributed by atoms with Crippen LogP contribution in [0.5, 0.6) is 0 Å². The third-order valence-corrected chi connectivity index (χ3v) is 1.81. The molecule has 1 aromatic carbocycles. The van der Waals surface area contributed by atoms with Crippen LogP contribution in [0.25, 0.3) is 0 Å². The molecule has 0 aliphatic rings. The first kappa shape index (κ1) is 10.3. The molecule has 6 N–H and O–H groups in total. The first-order valence-corrected chi connectivity index (χ1v) is 4.23. The average molecular weight is 194 g/mol. The van der Waals surface area contributed by atoms with E-state index in [-0.39, 0.29) is 5.91 Å². The second kappa shape index (κ2) is 4.48. The van der Waals surface area contributed by atoms with Crippen molar-refractivity contribution < 1.29 is 4.79 Å². The van der Waals surface area contributed by atoms with Crippen LogP contribution in [0.1, 0.15) is 12.5 Å². The Morgan fingerprint density at radius 1 is 1.50 bits per heavy atom. The highest BCUT2D eigenvalue weighted by Crippen LogP contribution is 2.18. The zero-order valence-electron chi connectivity index (χ0n) is 8.00. The van der Waals surface area contributed by atoms with Crippen LogP contribution in [-0.2, 0) is 11.3 Å². The second-order valence-corrected chi connectivity index (χ2v) is 2.98. The van der Waals surface area contributed by atoms with Crippen molar-refractivity contribution in [1.82, 2.24) is 5.32 Å². The van der Waals surface area contributed by atoms with Gasteiger partial charge in [0, 0.05) is 13.5 Å². The smallest absolute Gasteiger partial charge is 0.217 e. The van der Waals surface area contributed by atoms with E-state index in [0.29, 0.717) is 17.9 Å². The number of carbonyl (C=O) groups excluding carboxylic acids is 1. The fraction of sp³-hybridized carbons (Fsp3) is 0.222. The Morgan fingerprint density at radius 2 is 2.21 bits per heavy atom. The topological polar surface area (TPSA) is 93.2 Å². The summed E-state index contributed by atoms with van der Waals surface area (Å²) in [6.07, 6.45) is 0. The van der Waals surface area contributed by atoms with Gasteiger partial charge in [-0.05, 0) is 17.7 Å². The Bertz CT molecular complexity index is 338. The van der Waals surface area contributed by atoms with E-state index in [4.69, 9.17) is 11.6 Å². The van der Waals surface area contributed by atoms with E-state index in [1.807, 2.05) is 6.07 Å². The van der Waals surface area contributed by atoms with Gasteiger partial charge in [0.05, 0.1) is 11.4 Å². The summed E-state index contributed by atoms with van der Waals surface area (Å²) in [5, 5.41) is 2.68. The molecule has 1 amide bonds. The van der Waals surface area contributed by atoms with E-state index >= 15 is 0 Å². The number of nitrogens with two attached hydrogens (primary N) is 2. The monoisotopic (exact) mass is 194 g/mol. The van der Waals surface area contributed by atoms with E-state index in [2.05, 4.69) is 10.7 Å². The van der Waals surface area contributed by atoms with Crippen LogP contribution >= 0.6 is 0 Å². The Labute approximate surface area is 82.4 Å². The molecule has 5 heteroatoms. The minimum Gasteiger partial charge on any atom is -0.397 e. The molecule has 0 aromatic heterocycles. The fourth-order valence-electron chi connectivity index (χ4n) is 1.06. The van der Waals surface area contributed by atoms with Crippen LogP contribution in [0, 0.1) is 0 Å². The van der Waals surface area contributed by atoms with Crippen molar-refractivity contribution in [2.45, 2.75) is 13.5 Å². The van der Waals surface area contributed by atoms with Gasteiger partial charge >= 0.3 is 0 Å². The summed E-state index contributed by atoms with van der Waals surface area (Å²) < 4.78 is 0. The lowest BCUT2D eigenvalue weighted by atomic mass is 10.2. The summed E-state index contributed by atoms with van der Waals surface area (Å²) in [4.78, 5) is 10.7. The van der Waals surface area contributed by atoms with Gasteiger partial charge in [0.15, 0.2) is 0 Å². The summed E-state index contributed by atoms with van der Waals surface area (Å²) >= 11 is 0. The number of anilines is 2. The predicted octanol–water partition coefficient (Wildman–Crippen LogP) is 0.191. The maximum absolute atomic E-state index is 10.7. The predicted molar refractivity (Wildman–Crippen MR) is 56.2 cm³/mol. The van der Waals surface area contributed by atoms with Crippen LogP contribution in [0.15, 0.2) is 18.2 Å². The van der Waals surface area contributed by atoms with Crippen LogP contribution in [0.3, 0.4) is 0 Å². The number of hydrogen-bond acceptors (Lipinski definition) is 4. The Hall–Kier alpha value is -1.75. The van der Waals surface area contributed by atoms with Crippen molar-refractivity contribution in [2.24, 2.45) is 5.84 Å². The van der Waals surface area contributed by atoms with Gasteiger partial charge < -0.3 is 16.5 Å². The molecule has 14 heavy (non-hydrogen) atoms. The van der Waals surface area contributed by atoms with Gasteiger partial charge in [-0.25, -0.2) is 0 Å². The molecule has 0 aliphatic heterocycles. The Kier molecular flexibility index (Phi) is 3.30. The SMILES string of the molecule is CC(=O)NCc1ccc(N)c(NN)c1. The normalized spacial score (nSPS) is 9.57. The van der Waals surface area contributed by atoms with Crippen molar-refractivity contribution >= 4 is 17.3 Å². The highest BCUT2D eigenvalue weighted by molar-refractivity contribution is 5.73. The third-order valence-electron chi connectivity index (χ3n) is 1.81. The molecule has 0 spiro atoms. The maximum Gasteiger partial charge on any atom is 0.217 e. The molecule has 0 fully saturated rings. The van der Waals surface area contributed by atoms with Crippen molar-refractivity contribution in [2.75, 3.05) is 11.2 Å². The highest BCUT2D eigenvalue weighted by atomic mass is 16.1. The average Bonchev–Trinajstić information content (AvgIpc) is 2.16. The molecule has 0 radical (unpaired) electrons. The zero-order valence-corrected chi connectivity index (χ0v) is 8.00. The molecule has 5 nitrogen and oxygen atoms in total. The molecule has 0 bridgehead atoms. The van der Waals surface area contributed by atoms with Crippen molar-refractivity contribution in [3.8, 4) is 0 Å². The number of hydrazine groups is 1. The van der Waals surface area contributed by atoms with Crippen molar-refractivity contribution in [3.63, 3.8) is 0 Å². The van der Waals surface area contributed by atoms with Crippen molar-refractivity contribution in [3.05, 3.63) is 23.8 Å². The van der Waals surface area contributed by atoms with Gasteiger partial charge in [-0.3, -0.25) is 10.6 Å². The number of carbonyl (C=O) groups is 1. The number of nitrogens with one attached hydrogen (secondary N) is 2. The molecule has 0 saturated carbocycles. The van der Waals surface area contributed by atoms with E-state index in [1.165, 1.54) is 6.92 Å². The quantitative estimate of drug-likeness (QED) is 0.314. The standard InChI is InChI=1S/C9H14N4O/c1-6(14)12-5-7-2-3-8(10)9(4-7)13-11/h2-4,13H,5,10-11H2,1H3,(H,12,14). The van der Waals surface area contributed by atoms with E-state index < -0.39 is 0 Å². The van der Waals surface area contributed by atoms with Crippen molar-refractivity contribution in [1.29, 1.82) is 0 Å². The summed E-state index contributed by atoms with van der Waals surface area (Å²) in [5.41, 5.74) is 10.3. The Morgan fingerprint density at radius 3 is 2.79 bits per heavy atom. The van der Waals surface area contributed by atoms with E-state index in [9.17, 15) is 4.79 Å². The zero-order chi connectivity index (χ0) is 10.6. The molecule has 76 valence electrons. The number of rotatable bonds is 3. The van der Waals surface area contributed by atoms with Crippen LogP contribution in [-0.4, -0.2) is 5.91 Å². The summed E-state index contributed by atoms with van der Waals surface area (Å²) in [5.74, 6) is 5.19. The fourth-order valence-corrected chi connectivity index (χ4v) is 1.06. The highest BCUT2D eigenvalue weighted by Gasteiger charge is 1.99. The number of hydrogen-bond donors (Lipinski definition) is 4. The summed E-state index contributed by atoms with van der Waals surface area (Å²) in [6.45, 7) is 1.95. The van der Waals surface area contributed by atoms with Crippen LogP contribution in [0.2, 0.25) is 0 Å². The summed E-state index contributed by atoms with van der Waals surface area (Å²) in [7, 11) is 0. The van der Waals surface area contributed by atoms with Gasteiger partial charge in [0.1, 0.15) is 0 Å². The van der Waals surface area contributed by atoms with E-state index in [0.717, 1.165) is 5.56 Å². The molecular formula is C9H14N4O. The van der Waals surface area contributed by atoms with Crippen LogP contribution < -0.4 is 22.3 Å². The van der Waals surface area contributed by atoms with Gasteiger partial charge in [-0.1, -0.05) is 6.07 Å². The Balaban J connectivity index is 2.74. The molecule has 1 aromatic rings. The molecule has 1 rings (SSSR count). The minimum absolute atomic E-state index is 0.0657. The lowest BCUT2D eigenvalue weighted by Crippen LogP contribution is -2.19. The molecular weight excluding hydrogens is 180 g/mol.